The Labute approximate surface area is 152 Å². The van der Waals surface area contributed by atoms with E-state index < -0.39 is 12.1 Å². The molecule has 2 N–H and O–H groups in total. The van der Waals surface area contributed by atoms with Gasteiger partial charge >= 0.3 is 0 Å². The van der Waals surface area contributed by atoms with Gasteiger partial charge in [-0.15, -0.1) is 0 Å². The molecule has 0 aromatic heterocycles. The van der Waals surface area contributed by atoms with Gasteiger partial charge in [0.1, 0.15) is 6.10 Å². The summed E-state index contributed by atoms with van der Waals surface area (Å²) in [6, 6.07) is 3.08. The van der Waals surface area contributed by atoms with Crippen LogP contribution in [0.1, 0.15) is 43.9 Å². The van der Waals surface area contributed by atoms with E-state index in [-0.39, 0.29) is 24.0 Å². The summed E-state index contributed by atoms with van der Waals surface area (Å²) in [6.07, 6.45) is 4.00. The number of aryl methyl sites for hydroxylation is 1. The first-order valence-corrected chi connectivity index (χ1v) is 8.87. The Hall–Kier alpha value is -2.12. The lowest BCUT2D eigenvalue weighted by molar-refractivity contribution is 0.127. The molecule has 3 rings (SSSR count). The summed E-state index contributed by atoms with van der Waals surface area (Å²) < 4.78 is 30.7. The lowest BCUT2D eigenvalue weighted by atomic mass is 10.0. The molecule has 3 atom stereocenters. The van der Waals surface area contributed by atoms with Gasteiger partial charge in [-0.3, -0.25) is 4.99 Å². The Morgan fingerprint density at radius 2 is 2.15 bits per heavy atom. The number of halogens is 1. The molecule has 2 aliphatic rings. The standard InChI is InChI=1S/C19H25FN2O4/c1-11(2)25-17-10-21-9-15(22-17)13-7-12(3)18(14(20)8-13)24-6-4-5-16-19(23)26-16/h7-11,15-16,19,22-23H,4-6H2,1-3H3. The highest BCUT2D eigenvalue weighted by Gasteiger charge is 2.35. The molecule has 0 radical (unpaired) electrons. The minimum absolute atomic E-state index is 0.0269. The van der Waals surface area contributed by atoms with E-state index in [0.29, 0.717) is 25.3 Å². The van der Waals surface area contributed by atoms with Crippen molar-refractivity contribution < 1.29 is 23.7 Å². The summed E-state index contributed by atoms with van der Waals surface area (Å²) in [5.74, 6) is 0.419. The molecule has 1 aromatic rings. The van der Waals surface area contributed by atoms with Crippen LogP contribution in [0.4, 0.5) is 4.39 Å². The number of aliphatic hydroxyl groups excluding tert-OH is 1. The summed E-state index contributed by atoms with van der Waals surface area (Å²) in [5, 5.41) is 12.3. The van der Waals surface area contributed by atoms with E-state index in [0.717, 1.165) is 11.1 Å². The SMILES string of the molecule is Cc1cc(C2C=NC=C(OC(C)C)N2)cc(F)c1OCCCC1OC1O. The van der Waals surface area contributed by atoms with Gasteiger partial charge in [-0.1, -0.05) is 0 Å². The topological polar surface area (TPSA) is 75.6 Å². The molecule has 0 saturated carbocycles. The molecule has 0 amide bonds. The Kier molecular flexibility index (Phi) is 5.78. The number of ether oxygens (including phenoxy) is 3. The zero-order valence-electron chi connectivity index (χ0n) is 15.2. The van der Waals surface area contributed by atoms with Gasteiger partial charge in [0.05, 0.1) is 25.0 Å². The van der Waals surface area contributed by atoms with Crippen LogP contribution >= 0.6 is 0 Å². The first-order valence-electron chi connectivity index (χ1n) is 8.87. The minimum Gasteiger partial charge on any atom is -0.490 e. The summed E-state index contributed by atoms with van der Waals surface area (Å²) in [7, 11) is 0. The van der Waals surface area contributed by atoms with Crippen molar-refractivity contribution in [3.63, 3.8) is 0 Å². The number of aliphatic hydroxyl groups is 1. The molecular weight excluding hydrogens is 339 g/mol. The van der Waals surface area contributed by atoms with Crippen molar-refractivity contribution in [2.45, 2.75) is 58.2 Å². The third-order valence-corrected chi connectivity index (χ3v) is 4.13. The van der Waals surface area contributed by atoms with E-state index in [1.54, 1.807) is 12.4 Å². The number of aliphatic imine (C=N–C) groups is 1. The highest BCUT2D eigenvalue weighted by Crippen LogP contribution is 2.29. The Morgan fingerprint density at radius 3 is 2.81 bits per heavy atom. The van der Waals surface area contributed by atoms with E-state index in [9.17, 15) is 4.39 Å². The molecule has 0 spiro atoms. The molecule has 1 saturated heterocycles. The van der Waals surface area contributed by atoms with Gasteiger partial charge < -0.3 is 24.6 Å². The van der Waals surface area contributed by atoms with Gasteiger partial charge in [0.2, 0.25) is 5.88 Å². The average molecular weight is 364 g/mol. The smallest absolute Gasteiger partial charge is 0.206 e. The number of nitrogens with zero attached hydrogens (tertiary/aromatic N) is 1. The van der Waals surface area contributed by atoms with Crippen LogP contribution in [0.2, 0.25) is 0 Å². The first kappa shape index (κ1) is 18.7. The monoisotopic (exact) mass is 364 g/mol. The second-order valence-corrected chi connectivity index (χ2v) is 6.78. The van der Waals surface area contributed by atoms with Crippen molar-refractivity contribution in [1.29, 1.82) is 0 Å². The molecule has 142 valence electrons. The second-order valence-electron chi connectivity index (χ2n) is 6.78. The maximum absolute atomic E-state index is 14.5. The molecular formula is C19H25FN2O4. The number of hydrogen-bond acceptors (Lipinski definition) is 6. The van der Waals surface area contributed by atoms with Crippen molar-refractivity contribution in [1.82, 2.24) is 5.32 Å². The third-order valence-electron chi connectivity index (χ3n) is 4.13. The quantitative estimate of drug-likeness (QED) is 0.548. The Morgan fingerprint density at radius 1 is 1.38 bits per heavy atom. The van der Waals surface area contributed by atoms with Crippen LogP contribution in [0, 0.1) is 12.7 Å². The van der Waals surface area contributed by atoms with Gasteiger partial charge in [0, 0.05) is 6.21 Å². The maximum Gasteiger partial charge on any atom is 0.206 e. The highest BCUT2D eigenvalue weighted by molar-refractivity contribution is 5.70. The summed E-state index contributed by atoms with van der Waals surface area (Å²) in [5.41, 5.74) is 1.47. The van der Waals surface area contributed by atoms with Crippen molar-refractivity contribution in [3.05, 3.63) is 41.2 Å². The predicted molar refractivity (Wildman–Crippen MR) is 95.4 cm³/mol. The van der Waals surface area contributed by atoms with Crippen LogP contribution in [0.5, 0.6) is 5.75 Å². The number of hydrogen-bond donors (Lipinski definition) is 2. The van der Waals surface area contributed by atoms with Crippen LogP contribution in [-0.2, 0) is 9.47 Å². The summed E-state index contributed by atoms with van der Waals surface area (Å²) in [4.78, 5) is 4.18. The summed E-state index contributed by atoms with van der Waals surface area (Å²) in [6.45, 7) is 6.06. The van der Waals surface area contributed by atoms with Crippen LogP contribution in [-0.4, -0.2) is 36.4 Å². The molecule has 7 heteroatoms. The lowest BCUT2D eigenvalue weighted by Crippen LogP contribution is -2.27. The Bertz CT molecular complexity index is 682. The largest absolute Gasteiger partial charge is 0.490 e. The van der Waals surface area contributed by atoms with Gasteiger partial charge in [-0.05, 0) is 56.9 Å². The van der Waals surface area contributed by atoms with E-state index in [1.807, 2.05) is 26.8 Å². The molecule has 0 aliphatic carbocycles. The number of rotatable bonds is 8. The van der Waals surface area contributed by atoms with Crippen molar-refractivity contribution in [2.75, 3.05) is 6.61 Å². The van der Waals surface area contributed by atoms with E-state index in [2.05, 4.69) is 10.3 Å². The van der Waals surface area contributed by atoms with E-state index >= 15 is 0 Å². The zero-order valence-corrected chi connectivity index (χ0v) is 15.2. The Balaban J connectivity index is 1.59. The molecule has 2 aliphatic heterocycles. The van der Waals surface area contributed by atoms with Crippen LogP contribution in [0.25, 0.3) is 0 Å². The fraction of sp³-hybridized carbons (Fsp3) is 0.526. The van der Waals surface area contributed by atoms with Crippen LogP contribution < -0.4 is 10.1 Å². The van der Waals surface area contributed by atoms with Gasteiger partial charge in [-0.2, -0.15) is 0 Å². The predicted octanol–water partition coefficient (Wildman–Crippen LogP) is 2.95. The van der Waals surface area contributed by atoms with Crippen LogP contribution in [0.3, 0.4) is 0 Å². The molecule has 3 unspecified atom stereocenters. The third kappa shape index (κ3) is 4.74. The average Bonchev–Trinajstić information content (AvgIpc) is 3.28. The second kappa shape index (κ2) is 8.05. The van der Waals surface area contributed by atoms with Gasteiger partial charge in [-0.25, -0.2) is 4.39 Å². The van der Waals surface area contributed by atoms with Crippen molar-refractivity contribution in [2.24, 2.45) is 4.99 Å². The summed E-state index contributed by atoms with van der Waals surface area (Å²) >= 11 is 0. The first-order chi connectivity index (χ1) is 12.4. The fourth-order valence-corrected chi connectivity index (χ4v) is 2.84. The maximum atomic E-state index is 14.5. The molecule has 0 bridgehead atoms. The molecule has 26 heavy (non-hydrogen) atoms. The fourth-order valence-electron chi connectivity index (χ4n) is 2.84. The molecule has 1 aromatic carbocycles. The number of epoxide rings is 1. The van der Waals surface area contributed by atoms with Crippen molar-refractivity contribution >= 4 is 6.21 Å². The highest BCUT2D eigenvalue weighted by atomic mass is 19.1. The van der Waals surface area contributed by atoms with E-state index in [1.165, 1.54) is 6.07 Å². The van der Waals surface area contributed by atoms with E-state index in [4.69, 9.17) is 19.3 Å². The molecule has 2 heterocycles. The number of nitrogens with one attached hydrogen (secondary N) is 1. The van der Waals surface area contributed by atoms with Gasteiger partial charge in [0.15, 0.2) is 17.9 Å². The van der Waals surface area contributed by atoms with Crippen molar-refractivity contribution in [3.8, 4) is 5.75 Å². The van der Waals surface area contributed by atoms with Crippen LogP contribution in [0.15, 0.2) is 29.2 Å². The molecule has 6 nitrogen and oxygen atoms in total. The number of benzene rings is 1. The normalized spacial score (nSPS) is 24.2. The van der Waals surface area contributed by atoms with Gasteiger partial charge in [0.25, 0.3) is 0 Å². The lowest BCUT2D eigenvalue weighted by Gasteiger charge is -2.23. The minimum atomic E-state index is -0.643. The zero-order chi connectivity index (χ0) is 18.7. The molecule has 1 fully saturated rings.